The van der Waals surface area contributed by atoms with Crippen LogP contribution in [0.25, 0.3) is 0 Å². The molecule has 1 aliphatic rings. The van der Waals surface area contributed by atoms with Crippen molar-refractivity contribution >= 4 is 16.1 Å². The van der Waals surface area contributed by atoms with Crippen LogP contribution in [0.4, 0.5) is 0 Å². The Balaban J connectivity index is 1.67. The van der Waals surface area contributed by atoms with Crippen molar-refractivity contribution in [2.45, 2.75) is 39.0 Å². The molecule has 34 heavy (non-hydrogen) atoms. The number of carbonyl (C=O) groups is 1. The van der Waals surface area contributed by atoms with Crippen molar-refractivity contribution < 1.29 is 32.5 Å². The lowest BCUT2D eigenvalue weighted by Gasteiger charge is -2.30. The Labute approximate surface area is 201 Å². The highest BCUT2D eigenvalue weighted by Crippen LogP contribution is 2.28. The van der Waals surface area contributed by atoms with E-state index in [-0.39, 0.29) is 30.7 Å². The summed E-state index contributed by atoms with van der Waals surface area (Å²) in [5.41, 5.74) is 1.48. The number of ether oxygens (including phenoxy) is 3. The van der Waals surface area contributed by atoms with Crippen molar-refractivity contribution in [2.24, 2.45) is 0 Å². The summed E-state index contributed by atoms with van der Waals surface area (Å²) in [7, 11) is -3.08. The predicted octanol–water partition coefficient (Wildman–Crippen LogP) is 2.73. The zero-order valence-corrected chi connectivity index (χ0v) is 20.5. The zero-order chi connectivity index (χ0) is 24.6. The predicted molar refractivity (Wildman–Crippen MR) is 130 cm³/mol. The molecule has 2 unspecified atom stereocenters. The third-order valence-electron chi connectivity index (χ3n) is 5.62. The van der Waals surface area contributed by atoms with Gasteiger partial charge in [0.1, 0.15) is 24.7 Å². The number of hydrogen-bond acceptors (Lipinski definition) is 8. The molecule has 0 saturated carbocycles. The van der Waals surface area contributed by atoms with Crippen LogP contribution in [-0.2, 0) is 16.4 Å². The quantitative estimate of drug-likeness (QED) is 0.427. The highest BCUT2D eigenvalue weighted by atomic mass is 32.2. The van der Waals surface area contributed by atoms with Gasteiger partial charge in [0, 0.05) is 24.7 Å². The van der Waals surface area contributed by atoms with Crippen molar-refractivity contribution in [1.29, 1.82) is 0 Å². The minimum absolute atomic E-state index is 0.000240. The lowest BCUT2D eigenvalue weighted by Crippen LogP contribution is -2.42. The van der Waals surface area contributed by atoms with E-state index in [1.807, 2.05) is 43.0 Å². The van der Waals surface area contributed by atoms with Gasteiger partial charge in [0.05, 0.1) is 24.7 Å². The zero-order valence-electron chi connectivity index (χ0n) is 19.7. The molecule has 9 heteroatoms. The smallest absolute Gasteiger partial charge is 0.161 e. The summed E-state index contributed by atoms with van der Waals surface area (Å²) in [5.74, 6) is 1.89. The normalized spacial score (nSPS) is 17.9. The van der Waals surface area contributed by atoms with E-state index in [0.29, 0.717) is 43.2 Å². The molecule has 1 fully saturated rings. The molecule has 0 radical (unpaired) electrons. The molecule has 2 aromatic rings. The Morgan fingerprint density at radius 2 is 1.79 bits per heavy atom. The number of aliphatic hydroxyl groups is 1. The van der Waals surface area contributed by atoms with Crippen molar-refractivity contribution in [3.63, 3.8) is 0 Å². The van der Waals surface area contributed by atoms with E-state index in [1.54, 1.807) is 18.2 Å². The molecule has 0 aliphatic carbocycles. The van der Waals surface area contributed by atoms with Gasteiger partial charge in [-0.15, -0.1) is 0 Å². The summed E-state index contributed by atoms with van der Waals surface area (Å²) in [6, 6.07) is 12.4. The second-order valence-electron chi connectivity index (χ2n) is 8.29. The van der Waals surface area contributed by atoms with Crippen LogP contribution in [0.3, 0.4) is 0 Å². The van der Waals surface area contributed by atoms with E-state index < -0.39 is 15.9 Å². The summed E-state index contributed by atoms with van der Waals surface area (Å²) in [5, 5.41) is 10.8. The number of sulfone groups is 1. The summed E-state index contributed by atoms with van der Waals surface area (Å²) in [4.78, 5) is 13.0. The molecule has 0 bridgehead atoms. The number of hydrogen-bond donors (Lipinski definition) is 1. The second kappa shape index (κ2) is 12.2. The Kier molecular flexibility index (Phi) is 9.32. The molecule has 1 aliphatic heterocycles. The molecule has 0 aromatic heterocycles. The molecule has 8 nitrogen and oxygen atoms in total. The van der Waals surface area contributed by atoms with Crippen molar-refractivity contribution in [3.05, 3.63) is 53.6 Å². The van der Waals surface area contributed by atoms with Crippen LogP contribution in [0.2, 0.25) is 0 Å². The third-order valence-corrected chi connectivity index (χ3v) is 7.38. The van der Waals surface area contributed by atoms with Crippen LogP contribution in [0.5, 0.6) is 17.2 Å². The molecular formula is C25H33NO7S. The fourth-order valence-corrected chi connectivity index (χ4v) is 5.75. The van der Waals surface area contributed by atoms with E-state index in [0.717, 1.165) is 17.6 Å². The molecule has 0 amide bonds. The number of rotatable bonds is 13. The molecule has 0 spiro atoms. The molecule has 1 heterocycles. The van der Waals surface area contributed by atoms with Gasteiger partial charge in [-0.3, -0.25) is 9.69 Å². The fraction of sp³-hybridized carbons (Fsp3) is 0.480. The average molecular weight is 492 g/mol. The van der Waals surface area contributed by atoms with Crippen LogP contribution in [0, 0.1) is 0 Å². The maximum atomic E-state index is 12.1. The monoisotopic (exact) mass is 491 g/mol. The summed E-state index contributed by atoms with van der Waals surface area (Å²) < 4.78 is 41.0. The minimum atomic E-state index is -3.08. The van der Waals surface area contributed by atoms with Crippen LogP contribution in [-0.4, -0.2) is 74.7 Å². The Morgan fingerprint density at radius 1 is 1.06 bits per heavy atom. The largest absolute Gasteiger partial charge is 0.494 e. The Morgan fingerprint density at radius 3 is 2.41 bits per heavy atom. The van der Waals surface area contributed by atoms with Crippen LogP contribution in [0.15, 0.2) is 42.5 Å². The van der Waals surface area contributed by atoms with Crippen molar-refractivity contribution in [2.75, 3.05) is 37.9 Å². The van der Waals surface area contributed by atoms with E-state index in [9.17, 15) is 18.3 Å². The SMILES string of the molecule is CCOc1ccc(CN(CC(O)COc2ccc(C=O)cc2OCC)C2CCS(=O)(=O)C2)cc1. The first-order chi connectivity index (χ1) is 16.3. The molecule has 2 atom stereocenters. The molecule has 1 saturated heterocycles. The maximum Gasteiger partial charge on any atom is 0.161 e. The van der Waals surface area contributed by atoms with Crippen LogP contribution in [0.1, 0.15) is 36.2 Å². The van der Waals surface area contributed by atoms with E-state index in [1.165, 1.54) is 0 Å². The number of carbonyl (C=O) groups excluding carboxylic acids is 1. The summed E-state index contributed by atoms with van der Waals surface area (Å²) in [6.07, 6.45) is 0.413. The van der Waals surface area contributed by atoms with Crippen molar-refractivity contribution in [3.8, 4) is 17.2 Å². The lowest BCUT2D eigenvalue weighted by atomic mass is 10.1. The maximum absolute atomic E-state index is 12.1. The summed E-state index contributed by atoms with van der Waals surface area (Å²) >= 11 is 0. The molecule has 186 valence electrons. The number of nitrogens with zero attached hydrogens (tertiary/aromatic N) is 1. The fourth-order valence-electron chi connectivity index (χ4n) is 3.99. The lowest BCUT2D eigenvalue weighted by molar-refractivity contribution is 0.0515. The molecular weight excluding hydrogens is 458 g/mol. The first kappa shape index (κ1) is 26.0. The van der Waals surface area contributed by atoms with Crippen LogP contribution >= 0.6 is 0 Å². The third kappa shape index (κ3) is 7.44. The van der Waals surface area contributed by atoms with Gasteiger partial charge >= 0.3 is 0 Å². The highest BCUT2D eigenvalue weighted by molar-refractivity contribution is 7.91. The topological polar surface area (TPSA) is 102 Å². The van der Waals surface area contributed by atoms with Gasteiger partial charge in [-0.25, -0.2) is 8.42 Å². The first-order valence-corrected chi connectivity index (χ1v) is 13.3. The van der Waals surface area contributed by atoms with Gasteiger partial charge < -0.3 is 19.3 Å². The average Bonchev–Trinajstić information content (AvgIpc) is 3.19. The minimum Gasteiger partial charge on any atom is -0.494 e. The second-order valence-corrected chi connectivity index (χ2v) is 10.5. The van der Waals surface area contributed by atoms with Gasteiger partial charge in [0.25, 0.3) is 0 Å². The van der Waals surface area contributed by atoms with Crippen molar-refractivity contribution in [1.82, 2.24) is 4.90 Å². The van der Waals surface area contributed by atoms with Crippen LogP contribution < -0.4 is 14.2 Å². The summed E-state index contributed by atoms with van der Waals surface area (Å²) in [6.45, 7) is 5.51. The van der Waals surface area contributed by atoms with E-state index in [2.05, 4.69) is 0 Å². The van der Waals surface area contributed by atoms with Gasteiger partial charge in [-0.1, -0.05) is 12.1 Å². The highest BCUT2D eigenvalue weighted by Gasteiger charge is 2.33. The Bertz CT molecular complexity index is 1040. The Hall–Kier alpha value is -2.62. The number of aldehydes is 1. The molecule has 3 rings (SSSR count). The number of benzene rings is 2. The molecule has 2 aromatic carbocycles. The standard InChI is InChI=1S/C25H33NO7S/c1-3-31-23-8-5-19(6-9-23)14-26(21-11-12-34(29,30)18-21)15-22(28)17-33-24-10-7-20(16-27)13-25(24)32-4-2/h5-10,13,16,21-22,28H,3-4,11-12,14-15,17-18H2,1-2H3. The first-order valence-electron chi connectivity index (χ1n) is 11.5. The molecule has 1 N–H and O–H groups in total. The van der Waals surface area contributed by atoms with E-state index >= 15 is 0 Å². The van der Waals surface area contributed by atoms with Gasteiger partial charge in [-0.2, -0.15) is 0 Å². The van der Waals surface area contributed by atoms with Gasteiger partial charge in [0.2, 0.25) is 0 Å². The number of aliphatic hydroxyl groups excluding tert-OH is 1. The van der Waals surface area contributed by atoms with E-state index in [4.69, 9.17) is 14.2 Å². The van der Waals surface area contributed by atoms with Gasteiger partial charge in [-0.05, 0) is 56.2 Å². The van der Waals surface area contributed by atoms with Gasteiger partial charge in [0.15, 0.2) is 21.3 Å².